The van der Waals surface area contributed by atoms with E-state index in [0.29, 0.717) is 5.76 Å². The minimum atomic E-state index is -1.31. The summed E-state index contributed by atoms with van der Waals surface area (Å²) >= 11 is 0. The average molecular weight is 490 g/mol. The molecule has 0 aliphatic heterocycles. The minimum Gasteiger partial charge on any atom is -0.467 e. The van der Waals surface area contributed by atoms with Crippen molar-refractivity contribution in [2.24, 2.45) is 0 Å². The van der Waals surface area contributed by atoms with E-state index in [1.54, 1.807) is 48.5 Å². The van der Waals surface area contributed by atoms with E-state index in [-0.39, 0.29) is 24.4 Å². The molecule has 0 bridgehead atoms. The van der Waals surface area contributed by atoms with Crippen molar-refractivity contribution < 1.29 is 27.6 Å². The quantitative estimate of drug-likeness (QED) is 0.352. The van der Waals surface area contributed by atoms with Crippen LogP contribution in [0.25, 0.3) is 0 Å². The molecule has 9 heteroatoms. The van der Waals surface area contributed by atoms with Gasteiger partial charge < -0.3 is 24.4 Å². The Morgan fingerprint density at radius 1 is 0.833 bits per heavy atom. The lowest BCUT2D eigenvalue weighted by Gasteiger charge is -2.31. The highest BCUT2D eigenvalue weighted by Gasteiger charge is 2.33. The lowest BCUT2D eigenvalue weighted by molar-refractivity contribution is -0.141. The van der Waals surface area contributed by atoms with Crippen molar-refractivity contribution in [2.45, 2.75) is 19.1 Å². The van der Waals surface area contributed by atoms with Crippen LogP contribution >= 0.6 is 0 Å². The highest BCUT2D eigenvalue weighted by Crippen LogP contribution is 2.26. The van der Waals surface area contributed by atoms with Gasteiger partial charge in [0.2, 0.25) is 11.8 Å². The molecule has 2 heterocycles. The fourth-order valence-electron chi connectivity index (χ4n) is 3.69. The fraction of sp³-hybridized carbons (Fsp3) is 0.148. The number of nitrogens with one attached hydrogen (secondary N) is 2. The second kappa shape index (κ2) is 11.7. The van der Waals surface area contributed by atoms with Crippen molar-refractivity contribution in [3.63, 3.8) is 0 Å². The molecule has 1 atom stereocenters. The number of carbonyl (C=O) groups is 3. The van der Waals surface area contributed by atoms with Gasteiger partial charge in [0.05, 0.1) is 25.6 Å². The van der Waals surface area contributed by atoms with Gasteiger partial charge in [-0.1, -0.05) is 48.5 Å². The third-order valence-corrected chi connectivity index (χ3v) is 5.44. The first-order chi connectivity index (χ1) is 17.5. The number of carbonyl (C=O) groups excluding carboxylic acids is 3. The zero-order valence-corrected chi connectivity index (χ0v) is 19.2. The van der Waals surface area contributed by atoms with Gasteiger partial charge in [0.15, 0.2) is 5.76 Å². The van der Waals surface area contributed by atoms with Gasteiger partial charge in [-0.2, -0.15) is 0 Å². The second-order valence-electron chi connectivity index (χ2n) is 7.89. The summed E-state index contributed by atoms with van der Waals surface area (Å²) in [5.41, 5.74) is 0.750. The standard InChI is InChI=1S/C27H24FN3O5/c28-22-12-5-4-11-21(22)25(27(34)29-16-20-10-6-14-35-20)31(18-19-8-2-1-3-9-19)24(32)17-30-26(33)23-13-7-15-36-23/h1-15,25H,16-18H2,(H,29,34)(H,30,33)/t25-/m1/s1. The predicted molar refractivity (Wildman–Crippen MR) is 128 cm³/mol. The summed E-state index contributed by atoms with van der Waals surface area (Å²) in [5.74, 6) is -1.86. The molecule has 184 valence electrons. The van der Waals surface area contributed by atoms with Crippen LogP contribution in [-0.4, -0.2) is 29.2 Å². The minimum absolute atomic E-state index is 0.00344. The Bertz CT molecular complexity index is 1290. The molecule has 4 rings (SSSR count). The third-order valence-electron chi connectivity index (χ3n) is 5.44. The number of halogens is 1. The first-order valence-corrected chi connectivity index (χ1v) is 11.2. The molecule has 0 saturated heterocycles. The van der Waals surface area contributed by atoms with Crippen LogP contribution in [-0.2, 0) is 22.7 Å². The van der Waals surface area contributed by atoms with Crippen LogP contribution in [0.3, 0.4) is 0 Å². The largest absolute Gasteiger partial charge is 0.467 e. The molecule has 2 N–H and O–H groups in total. The van der Waals surface area contributed by atoms with Crippen LogP contribution in [0.15, 0.2) is 100 Å². The predicted octanol–water partition coefficient (Wildman–Crippen LogP) is 3.83. The summed E-state index contributed by atoms with van der Waals surface area (Å²) in [5, 5.41) is 5.22. The molecule has 0 unspecified atom stereocenters. The van der Waals surface area contributed by atoms with Crippen molar-refractivity contribution in [3.8, 4) is 0 Å². The van der Waals surface area contributed by atoms with Crippen LogP contribution < -0.4 is 10.6 Å². The smallest absolute Gasteiger partial charge is 0.287 e. The van der Waals surface area contributed by atoms with Crippen molar-refractivity contribution in [3.05, 3.63) is 120 Å². The van der Waals surface area contributed by atoms with Crippen LogP contribution in [0.2, 0.25) is 0 Å². The molecule has 4 aromatic rings. The number of benzene rings is 2. The maximum absolute atomic E-state index is 15.0. The Balaban J connectivity index is 1.63. The van der Waals surface area contributed by atoms with Crippen LogP contribution in [0.4, 0.5) is 4.39 Å². The topological polar surface area (TPSA) is 105 Å². The zero-order valence-electron chi connectivity index (χ0n) is 19.2. The monoisotopic (exact) mass is 489 g/mol. The van der Waals surface area contributed by atoms with Gasteiger partial charge in [-0.05, 0) is 35.9 Å². The van der Waals surface area contributed by atoms with E-state index in [4.69, 9.17) is 8.83 Å². The fourth-order valence-corrected chi connectivity index (χ4v) is 3.69. The Morgan fingerprint density at radius 2 is 1.56 bits per heavy atom. The van der Waals surface area contributed by atoms with E-state index in [0.717, 1.165) is 5.56 Å². The average Bonchev–Trinajstić information content (AvgIpc) is 3.62. The lowest BCUT2D eigenvalue weighted by Crippen LogP contribution is -2.47. The molecule has 0 fully saturated rings. The molecule has 2 aromatic heterocycles. The summed E-state index contributed by atoms with van der Waals surface area (Å²) in [7, 11) is 0. The van der Waals surface area contributed by atoms with E-state index in [9.17, 15) is 18.8 Å². The normalized spacial score (nSPS) is 11.5. The molecular weight excluding hydrogens is 465 g/mol. The van der Waals surface area contributed by atoms with Gasteiger partial charge in [0.1, 0.15) is 17.6 Å². The zero-order chi connectivity index (χ0) is 25.3. The van der Waals surface area contributed by atoms with E-state index in [1.807, 2.05) is 6.07 Å². The van der Waals surface area contributed by atoms with E-state index >= 15 is 0 Å². The Morgan fingerprint density at radius 3 is 2.25 bits per heavy atom. The molecule has 0 aliphatic rings. The van der Waals surface area contributed by atoms with Gasteiger partial charge in [-0.25, -0.2) is 4.39 Å². The maximum Gasteiger partial charge on any atom is 0.287 e. The summed E-state index contributed by atoms with van der Waals surface area (Å²) in [6, 6.07) is 19.9. The first kappa shape index (κ1) is 24.5. The second-order valence-corrected chi connectivity index (χ2v) is 7.89. The van der Waals surface area contributed by atoms with E-state index in [1.165, 1.54) is 41.7 Å². The Hall–Kier alpha value is -4.66. The molecule has 0 spiro atoms. The molecule has 36 heavy (non-hydrogen) atoms. The summed E-state index contributed by atoms with van der Waals surface area (Å²) in [6.07, 6.45) is 2.82. The van der Waals surface area contributed by atoms with Gasteiger partial charge in [0, 0.05) is 12.1 Å². The first-order valence-electron chi connectivity index (χ1n) is 11.2. The number of furan rings is 2. The number of hydrogen-bond acceptors (Lipinski definition) is 5. The molecule has 3 amide bonds. The molecule has 0 radical (unpaired) electrons. The highest BCUT2D eigenvalue weighted by molar-refractivity contribution is 5.95. The molecule has 0 saturated carbocycles. The summed E-state index contributed by atoms with van der Waals surface area (Å²) in [4.78, 5) is 40.5. The number of hydrogen-bond donors (Lipinski definition) is 2. The summed E-state index contributed by atoms with van der Waals surface area (Å²) < 4.78 is 25.3. The molecule has 8 nitrogen and oxygen atoms in total. The number of nitrogens with zero attached hydrogens (tertiary/aromatic N) is 1. The van der Waals surface area contributed by atoms with Crippen molar-refractivity contribution in [1.82, 2.24) is 15.5 Å². The molecule has 0 aliphatic carbocycles. The molecule has 2 aromatic carbocycles. The third kappa shape index (κ3) is 6.06. The van der Waals surface area contributed by atoms with E-state index < -0.39 is 36.1 Å². The van der Waals surface area contributed by atoms with E-state index in [2.05, 4.69) is 10.6 Å². The van der Waals surface area contributed by atoms with Crippen LogP contribution in [0.1, 0.15) is 33.5 Å². The van der Waals surface area contributed by atoms with Crippen molar-refractivity contribution in [2.75, 3.05) is 6.54 Å². The van der Waals surface area contributed by atoms with Crippen molar-refractivity contribution in [1.29, 1.82) is 0 Å². The molecular formula is C27H24FN3O5. The summed E-state index contributed by atoms with van der Waals surface area (Å²) in [6.45, 7) is -0.369. The number of rotatable bonds is 10. The lowest BCUT2D eigenvalue weighted by atomic mass is 10.0. The van der Waals surface area contributed by atoms with Crippen LogP contribution in [0, 0.1) is 5.82 Å². The van der Waals surface area contributed by atoms with Crippen molar-refractivity contribution >= 4 is 17.7 Å². The van der Waals surface area contributed by atoms with Gasteiger partial charge in [-0.15, -0.1) is 0 Å². The highest BCUT2D eigenvalue weighted by atomic mass is 19.1. The van der Waals surface area contributed by atoms with Gasteiger partial charge in [-0.3, -0.25) is 14.4 Å². The number of amides is 3. The maximum atomic E-state index is 15.0. The van der Waals surface area contributed by atoms with Gasteiger partial charge in [0.25, 0.3) is 5.91 Å². The SMILES string of the molecule is O=C(NCC(=O)N(Cc1ccccc1)[C@@H](C(=O)NCc1ccco1)c1ccccc1F)c1ccco1. The Labute approximate surface area is 206 Å². The van der Waals surface area contributed by atoms with Crippen LogP contribution in [0.5, 0.6) is 0 Å². The van der Waals surface area contributed by atoms with Gasteiger partial charge >= 0.3 is 0 Å². The Kier molecular flexibility index (Phi) is 7.92.